The topological polar surface area (TPSA) is 62.0 Å². The minimum atomic E-state index is -4.42. The lowest BCUT2D eigenvalue weighted by Crippen LogP contribution is -2.12. The molecule has 0 unspecified atom stereocenters. The highest BCUT2D eigenvalue weighted by Gasteiger charge is 2.30. The van der Waals surface area contributed by atoms with Crippen molar-refractivity contribution in [2.75, 3.05) is 5.32 Å². The van der Waals surface area contributed by atoms with Crippen LogP contribution in [-0.2, 0) is 6.18 Å². The number of carbonyl (C=O) groups excluding carboxylic acids is 1. The summed E-state index contributed by atoms with van der Waals surface area (Å²) in [6.45, 7) is 1.57. The van der Waals surface area contributed by atoms with Gasteiger partial charge in [-0.15, -0.1) is 0 Å². The molecule has 1 amide bonds. The number of nitrogens with one attached hydrogen (secondary N) is 2. The molecule has 0 aliphatic rings. The summed E-state index contributed by atoms with van der Waals surface area (Å²) in [6.07, 6.45) is -4.42. The van der Waals surface area contributed by atoms with Crippen LogP contribution < -0.4 is 10.2 Å². The highest BCUT2D eigenvalue weighted by Crippen LogP contribution is 2.29. The molecular formula is C12H9F3N2O2S. The van der Waals surface area contributed by atoms with E-state index in [1.807, 2.05) is 0 Å². The Kier molecular flexibility index (Phi) is 3.67. The van der Waals surface area contributed by atoms with Crippen LogP contribution in [0.2, 0.25) is 0 Å². The lowest BCUT2D eigenvalue weighted by atomic mass is 10.2. The number of anilines is 1. The van der Waals surface area contributed by atoms with Gasteiger partial charge in [0.25, 0.3) is 5.91 Å². The number of hydrogen-bond acceptors (Lipinski definition) is 3. The zero-order valence-electron chi connectivity index (χ0n) is 10.2. The second kappa shape index (κ2) is 5.12. The predicted octanol–water partition coefficient (Wildman–Crippen LogP) is 3.02. The summed E-state index contributed by atoms with van der Waals surface area (Å²) in [4.78, 5) is 25.2. The Bertz CT molecular complexity index is 686. The molecule has 106 valence electrons. The van der Waals surface area contributed by atoms with Crippen LogP contribution >= 0.6 is 11.3 Å². The first-order valence-electron chi connectivity index (χ1n) is 5.45. The van der Waals surface area contributed by atoms with Crippen molar-refractivity contribution < 1.29 is 18.0 Å². The zero-order chi connectivity index (χ0) is 14.9. The van der Waals surface area contributed by atoms with E-state index in [0.717, 1.165) is 35.6 Å². The molecule has 0 aliphatic carbocycles. The predicted molar refractivity (Wildman–Crippen MR) is 69.1 cm³/mol. The summed E-state index contributed by atoms with van der Waals surface area (Å²) in [5.41, 5.74) is -0.148. The van der Waals surface area contributed by atoms with Gasteiger partial charge in [0.15, 0.2) is 0 Å². The van der Waals surface area contributed by atoms with Crippen LogP contribution in [0.3, 0.4) is 0 Å². The smallest absolute Gasteiger partial charge is 0.321 e. The van der Waals surface area contributed by atoms with Gasteiger partial charge in [0.1, 0.15) is 4.88 Å². The SMILES string of the molecule is Cc1[nH]c(=O)sc1C(=O)Nc1ccc(C(F)(F)F)cc1. The van der Waals surface area contributed by atoms with E-state index in [0.29, 0.717) is 5.69 Å². The van der Waals surface area contributed by atoms with Crippen LogP contribution in [0.15, 0.2) is 29.1 Å². The quantitative estimate of drug-likeness (QED) is 0.895. The lowest BCUT2D eigenvalue weighted by Gasteiger charge is -2.08. The molecule has 1 aromatic carbocycles. The van der Waals surface area contributed by atoms with Gasteiger partial charge < -0.3 is 10.3 Å². The third-order valence-corrected chi connectivity index (χ3v) is 3.48. The number of thiazole rings is 1. The Morgan fingerprint density at radius 3 is 2.30 bits per heavy atom. The van der Waals surface area contributed by atoms with Crippen molar-refractivity contribution in [1.29, 1.82) is 0 Å². The van der Waals surface area contributed by atoms with E-state index in [1.54, 1.807) is 6.92 Å². The molecule has 0 fully saturated rings. The standard InChI is InChI=1S/C12H9F3N2O2S/c1-6-9(20-11(19)16-6)10(18)17-8-4-2-7(3-5-8)12(13,14)15/h2-5H,1H3,(H,16,19)(H,17,18). The molecule has 0 aliphatic heterocycles. The molecule has 2 N–H and O–H groups in total. The molecule has 1 aromatic heterocycles. The molecule has 0 saturated carbocycles. The minimum Gasteiger partial charge on any atom is -0.321 e. The van der Waals surface area contributed by atoms with Gasteiger partial charge in [0.05, 0.1) is 5.56 Å². The Labute approximate surface area is 115 Å². The number of amides is 1. The van der Waals surface area contributed by atoms with Gasteiger partial charge in [0, 0.05) is 11.4 Å². The summed E-state index contributed by atoms with van der Waals surface area (Å²) < 4.78 is 37.1. The van der Waals surface area contributed by atoms with E-state index in [-0.39, 0.29) is 15.4 Å². The Morgan fingerprint density at radius 2 is 1.85 bits per heavy atom. The first-order valence-corrected chi connectivity index (χ1v) is 6.27. The maximum atomic E-state index is 12.4. The summed E-state index contributed by atoms with van der Waals surface area (Å²) in [5, 5.41) is 2.44. The molecule has 2 aromatic rings. The second-order valence-corrected chi connectivity index (χ2v) is 4.98. The van der Waals surface area contributed by atoms with Gasteiger partial charge >= 0.3 is 11.0 Å². The third kappa shape index (κ3) is 3.08. The Morgan fingerprint density at radius 1 is 1.25 bits per heavy atom. The van der Waals surface area contributed by atoms with Gasteiger partial charge in [0.2, 0.25) is 0 Å². The number of hydrogen-bond donors (Lipinski definition) is 2. The van der Waals surface area contributed by atoms with E-state index in [9.17, 15) is 22.8 Å². The van der Waals surface area contributed by atoms with Crippen LogP contribution in [0.25, 0.3) is 0 Å². The fourth-order valence-corrected chi connectivity index (χ4v) is 2.29. The van der Waals surface area contributed by atoms with Crippen molar-refractivity contribution in [3.8, 4) is 0 Å². The van der Waals surface area contributed by atoms with Crippen LogP contribution in [-0.4, -0.2) is 10.9 Å². The maximum absolute atomic E-state index is 12.4. The van der Waals surface area contributed by atoms with Crippen molar-refractivity contribution in [3.05, 3.63) is 50.1 Å². The first kappa shape index (κ1) is 14.3. The normalized spacial score (nSPS) is 11.4. The summed E-state index contributed by atoms with van der Waals surface area (Å²) in [7, 11) is 0. The van der Waals surface area contributed by atoms with E-state index >= 15 is 0 Å². The number of rotatable bonds is 2. The van der Waals surface area contributed by atoms with E-state index in [1.165, 1.54) is 0 Å². The first-order chi connectivity index (χ1) is 9.27. The molecule has 0 bridgehead atoms. The van der Waals surface area contributed by atoms with Gasteiger partial charge in [-0.05, 0) is 31.2 Å². The average Bonchev–Trinajstić information content (AvgIpc) is 2.68. The van der Waals surface area contributed by atoms with Gasteiger partial charge in [-0.25, -0.2) is 0 Å². The largest absolute Gasteiger partial charge is 0.416 e. The highest BCUT2D eigenvalue weighted by molar-refractivity contribution is 7.11. The number of aromatic amines is 1. The molecular weight excluding hydrogens is 293 g/mol. The molecule has 1 heterocycles. The number of halogens is 3. The van der Waals surface area contributed by atoms with Crippen LogP contribution in [0.4, 0.5) is 18.9 Å². The van der Waals surface area contributed by atoms with Gasteiger partial charge in [-0.2, -0.15) is 13.2 Å². The number of alkyl halides is 3. The van der Waals surface area contributed by atoms with Gasteiger partial charge in [-0.3, -0.25) is 9.59 Å². The highest BCUT2D eigenvalue weighted by atomic mass is 32.1. The number of benzene rings is 1. The van der Waals surface area contributed by atoms with E-state index in [2.05, 4.69) is 10.3 Å². The lowest BCUT2D eigenvalue weighted by molar-refractivity contribution is -0.137. The molecule has 0 spiro atoms. The van der Waals surface area contributed by atoms with E-state index < -0.39 is 17.6 Å². The summed E-state index contributed by atoms with van der Waals surface area (Å²) in [6, 6.07) is 4.07. The van der Waals surface area contributed by atoms with Crippen molar-refractivity contribution >= 4 is 22.9 Å². The van der Waals surface area contributed by atoms with Crippen molar-refractivity contribution in [2.45, 2.75) is 13.1 Å². The second-order valence-electron chi connectivity index (χ2n) is 4.00. The Hall–Kier alpha value is -2.09. The maximum Gasteiger partial charge on any atom is 0.416 e. The fraction of sp³-hybridized carbons (Fsp3) is 0.167. The van der Waals surface area contributed by atoms with Crippen LogP contribution in [0, 0.1) is 6.92 Å². The summed E-state index contributed by atoms with van der Waals surface area (Å²) in [5.74, 6) is -0.536. The fourth-order valence-electron chi connectivity index (χ4n) is 1.55. The van der Waals surface area contributed by atoms with Crippen LogP contribution in [0.1, 0.15) is 20.9 Å². The van der Waals surface area contributed by atoms with Crippen molar-refractivity contribution in [1.82, 2.24) is 4.98 Å². The monoisotopic (exact) mass is 302 g/mol. The number of carbonyl (C=O) groups is 1. The minimum absolute atomic E-state index is 0.204. The molecule has 0 saturated heterocycles. The molecule has 8 heteroatoms. The molecule has 2 rings (SSSR count). The van der Waals surface area contributed by atoms with Crippen LogP contribution in [0.5, 0.6) is 0 Å². The molecule has 4 nitrogen and oxygen atoms in total. The summed E-state index contributed by atoms with van der Waals surface area (Å²) >= 11 is 0.746. The van der Waals surface area contributed by atoms with Gasteiger partial charge in [-0.1, -0.05) is 11.3 Å². The molecule has 0 atom stereocenters. The zero-order valence-corrected chi connectivity index (χ0v) is 11.0. The molecule has 0 radical (unpaired) electrons. The van der Waals surface area contributed by atoms with E-state index in [4.69, 9.17) is 0 Å². The number of H-pyrrole nitrogens is 1. The Balaban J connectivity index is 2.16. The van der Waals surface area contributed by atoms with Crippen molar-refractivity contribution in [3.63, 3.8) is 0 Å². The number of aromatic nitrogens is 1. The van der Waals surface area contributed by atoms with Crippen molar-refractivity contribution in [2.24, 2.45) is 0 Å². The average molecular weight is 302 g/mol. The third-order valence-electron chi connectivity index (χ3n) is 2.50. The molecule has 20 heavy (non-hydrogen) atoms. The number of aryl methyl sites for hydroxylation is 1.